The Bertz CT molecular complexity index is 501. The van der Waals surface area contributed by atoms with Crippen LogP contribution in [0.1, 0.15) is 6.92 Å². The normalized spacial score (nSPS) is 18.2. The number of hydrogen-bond donors (Lipinski definition) is 2. The quantitative estimate of drug-likeness (QED) is 0.728. The van der Waals surface area contributed by atoms with Crippen molar-refractivity contribution in [2.45, 2.75) is 13.0 Å². The topological polar surface area (TPSA) is 84.7 Å². The number of nitrogen functional groups attached to an aromatic ring is 1. The van der Waals surface area contributed by atoms with Gasteiger partial charge in [0, 0.05) is 5.69 Å². The highest BCUT2D eigenvalue weighted by Gasteiger charge is 2.35. The molecule has 1 aromatic carbocycles. The first-order chi connectivity index (χ1) is 8.54. The Kier molecular flexibility index (Phi) is 3.20. The number of anilines is 2. The van der Waals surface area contributed by atoms with Crippen molar-refractivity contribution in [1.29, 1.82) is 0 Å². The fourth-order valence-corrected chi connectivity index (χ4v) is 1.84. The molecule has 1 aliphatic heterocycles. The monoisotopic (exact) mass is 249 g/mol. The summed E-state index contributed by atoms with van der Waals surface area (Å²) in [4.78, 5) is 25.1. The number of hydrogen-bond acceptors (Lipinski definition) is 5. The lowest BCUT2D eigenvalue weighted by atomic mass is 10.1. The summed E-state index contributed by atoms with van der Waals surface area (Å²) in [5.74, 6) is -0.224. The number of carbonyl (C=O) groups is 2. The lowest BCUT2D eigenvalue weighted by Gasteiger charge is -2.31. The molecule has 1 atom stereocenters. The Morgan fingerprint density at radius 1 is 1.56 bits per heavy atom. The zero-order valence-corrected chi connectivity index (χ0v) is 10.3. The molecule has 2 amide bonds. The summed E-state index contributed by atoms with van der Waals surface area (Å²) >= 11 is 0. The molecule has 0 aromatic heterocycles. The number of amides is 2. The van der Waals surface area contributed by atoms with Gasteiger partial charge >= 0.3 is 0 Å². The van der Waals surface area contributed by atoms with Crippen LogP contribution in [0.5, 0.6) is 5.75 Å². The standard InChI is InChI=1S/C12H15N3O3/c1-7-12(17)15(11(16)6-14-2)9-5-8(13)3-4-10(9)18-7/h3-5,7,14H,6,13H2,1-2H3. The van der Waals surface area contributed by atoms with Crippen LogP contribution in [0.4, 0.5) is 11.4 Å². The van der Waals surface area contributed by atoms with Crippen molar-refractivity contribution in [1.82, 2.24) is 5.32 Å². The number of ether oxygens (including phenoxy) is 1. The van der Waals surface area contributed by atoms with Crippen molar-refractivity contribution in [3.05, 3.63) is 18.2 Å². The van der Waals surface area contributed by atoms with Crippen molar-refractivity contribution in [3.63, 3.8) is 0 Å². The van der Waals surface area contributed by atoms with Crippen molar-refractivity contribution in [3.8, 4) is 5.75 Å². The van der Waals surface area contributed by atoms with E-state index in [1.54, 1.807) is 32.2 Å². The first kappa shape index (κ1) is 12.4. The Balaban J connectivity index is 2.47. The molecule has 3 N–H and O–H groups in total. The number of benzene rings is 1. The molecule has 0 spiro atoms. The predicted molar refractivity (Wildman–Crippen MR) is 67.4 cm³/mol. The van der Waals surface area contributed by atoms with E-state index in [-0.39, 0.29) is 18.4 Å². The molecule has 0 bridgehead atoms. The fourth-order valence-electron chi connectivity index (χ4n) is 1.84. The highest BCUT2D eigenvalue weighted by atomic mass is 16.5. The molecule has 6 nitrogen and oxygen atoms in total. The maximum Gasteiger partial charge on any atom is 0.274 e. The molecule has 6 heteroatoms. The lowest BCUT2D eigenvalue weighted by molar-refractivity contribution is -0.131. The van der Waals surface area contributed by atoms with E-state index in [4.69, 9.17) is 10.5 Å². The third-order valence-corrected chi connectivity index (χ3v) is 2.67. The molecule has 0 saturated carbocycles. The summed E-state index contributed by atoms with van der Waals surface area (Å²) in [6, 6.07) is 4.89. The average Bonchev–Trinajstić information content (AvgIpc) is 2.31. The number of nitrogens with zero attached hydrogens (tertiary/aromatic N) is 1. The smallest absolute Gasteiger partial charge is 0.274 e. The summed E-state index contributed by atoms with van der Waals surface area (Å²) < 4.78 is 5.44. The van der Waals surface area contributed by atoms with E-state index >= 15 is 0 Å². The molecule has 0 fully saturated rings. The third-order valence-electron chi connectivity index (χ3n) is 2.67. The molecule has 1 aromatic rings. The fraction of sp³-hybridized carbons (Fsp3) is 0.333. The first-order valence-corrected chi connectivity index (χ1v) is 5.62. The van der Waals surface area contributed by atoms with E-state index in [2.05, 4.69) is 5.32 Å². The lowest BCUT2D eigenvalue weighted by Crippen LogP contribution is -2.50. The van der Waals surface area contributed by atoms with Crippen LogP contribution in [-0.2, 0) is 9.59 Å². The summed E-state index contributed by atoms with van der Waals surface area (Å²) in [7, 11) is 1.65. The van der Waals surface area contributed by atoms with Gasteiger partial charge in [0.1, 0.15) is 5.75 Å². The first-order valence-electron chi connectivity index (χ1n) is 5.62. The van der Waals surface area contributed by atoms with E-state index in [0.717, 1.165) is 4.90 Å². The largest absolute Gasteiger partial charge is 0.479 e. The van der Waals surface area contributed by atoms with E-state index in [9.17, 15) is 9.59 Å². The number of fused-ring (bicyclic) bond motifs is 1. The SMILES string of the molecule is CNCC(=O)N1C(=O)C(C)Oc2ccc(N)cc21. The Hall–Kier alpha value is -2.08. The molecule has 96 valence electrons. The van der Waals surface area contributed by atoms with Crippen LogP contribution in [-0.4, -0.2) is 31.5 Å². The number of rotatable bonds is 2. The zero-order valence-electron chi connectivity index (χ0n) is 10.3. The van der Waals surface area contributed by atoms with Crippen LogP contribution in [0.2, 0.25) is 0 Å². The highest BCUT2D eigenvalue weighted by Crippen LogP contribution is 2.35. The Morgan fingerprint density at radius 3 is 2.94 bits per heavy atom. The van der Waals surface area contributed by atoms with E-state index in [1.807, 2.05) is 0 Å². The van der Waals surface area contributed by atoms with Crippen molar-refractivity contribution in [2.75, 3.05) is 24.2 Å². The Morgan fingerprint density at radius 2 is 2.28 bits per heavy atom. The minimum absolute atomic E-state index is 0.0761. The minimum atomic E-state index is -0.679. The van der Waals surface area contributed by atoms with Gasteiger partial charge in [-0.25, -0.2) is 4.90 Å². The number of imide groups is 1. The number of nitrogens with two attached hydrogens (primary N) is 1. The maximum atomic E-state index is 12.0. The van der Waals surface area contributed by atoms with Gasteiger partial charge in [0.25, 0.3) is 5.91 Å². The third kappa shape index (κ3) is 2.02. The van der Waals surface area contributed by atoms with Gasteiger partial charge in [0.05, 0.1) is 12.2 Å². The van der Waals surface area contributed by atoms with Gasteiger partial charge in [-0.1, -0.05) is 0 Å². The van der Waals surface area contributed by atoms with E-state index in [0.29, 0.717) is 17.1 Å². The molecular weight excluding hydrogens is 234 g/mol. The zero-order chi connectivity index (χ0) is 13.3. The molecule has 1 heterocycles. The Labute approximate surface area is 105 Å². The van der Waals surface area contributed by atoms with Gasteiger partial charge in [0.15, 0.2) is 6.10 Å². The molecule has 2 rings (SSSR count). The summed E-state index contributed by atoms with van der Waals surface area (Å²) in [5.41, 5.74) is 6.55. The van der Waals surface area contributed by atoms with E-state index in [1.165, 1.54) is 0 Å². The second kappa shape index (κ2) is 4.66. The maximum absolute atomic E-state index is 12.0. The van der Waals surface area contributed by atoms with Crippen LogP contribution in [0.15, 0.2) is 18.2 Å². The molecular formula is C12H15N3O3. The minimum Gasteiger partial charge on any atom is -0.479 e. The summed E-state index contributed by atoms with van der Waals surface area (Å²) in [6.07, 6.45) is -0.679. The molecule has 18 heavy (non-hydrogen) atoms. The van der Waals surface area contributed by atoms with Gasteiger partial charge in [0.2, 0.25) is 5.91 Å². The molecule has 0 radical (unpaired) electrons. The second-order valence-electron chi connectivity index (χ2n) is 4.08. The van der Waals surface area contributed by atoms with Crippen molar-refractivity contribution in [2.24, 2.45) is 0 Å². The highest BCUT2D eigenvalue weighted by molar-refractivity contribution is 6.18. The predicted octanol–water partition coefficient (Wildman–Crippen LogP) is 0.129. The van der Waals surface area contributed by atoms with Gasteiger partial charge < -0.3 is 15.8 Å². The van der Waals surface area contributed by atoms with Gasteiger partial charge in [-0.05, 0) is 32.2 Å². The molecule has 0 saturated heterocycles. The second-order valence-corrected chi connectivity index (χ2v) is 4.08. The van der Waals surface area contributed by atoms with Crippen molar-refractivity contribution < 1.29 is 14.3 Å². The number of carbonyl (C=O) groups excluding carboxylic acids is 2. The van der Waals surface area contributed by atoms with Gasteiger partial charge in [-0.3, -0.25) is 9.59 Å². The van der Waals surface area contributed by atoms with Crippen molar-refractivity contribution >= 4 is 23.2 Å². The van der Waals surface area contributed by atoms with Crippen LogP contribution in [0.25, 0.3) is 0 Å². The van der Waals surface area contributed by atoms with E-state index < -0.39 is 6.10 Å². The number of likely N-dealkylation sites (N-methyl/N-ethyl adjacent to an activating group) is 1. The summed E-state index contributed by atoms with van der Waals surface area (Å²) in [5, 5.41) is 2.73. The van der Waals surface area contributed by atoms with Crippen LogP contribution < -0.4 is 20.7 Å². The van der Waals surface area contributed by atoms with Gasteiger partial charge in [-0.15, -0.1) is 0 Å². The van der Waals surface area contributed by atoms with Crippen LogP contribution in [0.3, 0.4) is 0 Å². The molecule has 1 aliphatic rings. The van der Waals surface area contributed by atoms with Gasteiger partial charge in [-0.2, -0.15) is 0 Å². The molecule has 0 aliphatic carbocycles. The van der Waals surface area contributed by atoms with Crippen LogP contribution >= 0.6 is 0 Å². The van der Waals surface area contributed by atoms with Crippen LogP contribution in [0, 0.1) is 0 Å². The molecule has 1 unspecified atom stereocenters. The summed E-state index contributed by atoms with van der Waals surface area (Å²) in [6.45, 7) is 1.69. The number of nitrogens with one attached hydrogen (secondary N) is 1. The average molecular weight is 249 g/mol.